The monoisotopic (exact) mass is 287 g/mol. The first kappa shape index (κ1) is 14.5. The van der Waals surface area contributed by atoms with Crippen LogP contribution in [-0.2, 0) is 20.4 Å². The summed E-state index contributed by atoms with van der Waals surface area (Å²) in [5.41, 5.74) is -0.293. The first-order chi connectivity index (χ1) is 9.01. The molecule has 1 aliphatic carbocycles. The summed E-state index contributed by atoms with van der Waals surface area (Å²) >= 11 is 0. The Morgan fingerprint density at radius 1 is 1.16 bits per heavy atom. The van der Waals surface area contributed by atoms with Crippen LogP contribution in [0.25, 0.3) is 0 Å². The summed E-state index contributed by atoms with van der Waals surface area (Å²) in [7, 11) is -1.23. The molecular weight excluding hydrogens is 266 g/mol. The molecule has 1 unspecified atom stereocenters. The molecule has 1 saturated carbocycles. The van der Waals surface area contributed by atoms with Crippen LogP contribution in [-0.4, -0.2) is 50.7 Å². The van der Waals surface area contributed by atoms with E-state index >= 15 is 0 Å². The standard InChI is InChI=1S/C13H21NO4S/c15-11(14-6-2-1-3-7-14)9-19(18)10-13(4-5-13)8-12(16)17/h1-10H2,(H,16,17). The number of amides is 1. The van der Waals surface area contributed by atoms with Crippen LogP contribution in [0.15, 0.2) is 0 Å². The number of carboxylic acids is 1. The van der Waals surface area contributed by atoms with E-state index in [1.54, 1.807) is 4.90 Å². The van der Waals surface area contributed by atoms with Crippen molar-refractivity contribution in [1.82, 2.24) is 4.90 Å². The number of hydrogen-bond donors (Lipinski definition) is 1. The summed E-state index contributed by atoms with van der Waals surface area (Å²) in [4.78, 5) is 24.5. The van der Waals surface area contributed by atoms with Crippen LogP contribution in [0.4, 0.5) is 0 Å². The highest BCUT2D eigenvalue weighted by molar-refractivity contribution is 7.85. The van der Waals surface area contributed by atoms with Crippen molar-refractivity contribution in [3.8, 4) is 0 Å². The Labute approximate surface area is 115 Å². The highest BCUT2D eigenvalue weighted by Crippen LogP contribution is 2.49. The molecule has 2 rings (SSSR count). The SMILES string of the molecule is O=C(O)CC1(CS(=O)CC(=O)N2CCCCC2)CC1. The summed E-state index contributed by atoms with van der Waals surface area (Å²) in [6.45, 7) is 1.55. The fourth-order valence-electron chi connectivity index (χ4n) is 2.63. The van der Waals surface area contributed by atoms with Gasteiger partial charge in [-0.15, -0.1) is 0 Å². The van der Waals surface area contributed by atoms with Crippen molar-refractivity contribution in [2.45, 2.75) is 38.5 Å². The number of carbonyl (C=O) groups is 2. The smallest absolute Gasteiger partial charge is 0.303 e. The van der Waals surface area contributed by atoms with Crippen molar-refractivity contribution < 1.29 is 18.9 Å². The van der Waals surface area contributed by atoms with E-state index in [4.69, 9.17) is 5.11 Å². The highest BCUT2D eigenvalue weighted by Gasteiger charge is 2.45. The minimum atomic E-state index is -1.23. The molecule has 1 amide bonds. The lowest BCUT2D eigenvalue weighted by Crippen LogP contribution is -2.39. The van der Waals surface area contributed by atoms with Crippen LogP contribution in [0.2, 0.25) is 0 Å². The highest BCUT2D eigenvalue weighted by atomic mass is 32.2. The van der Waals surface area contributed by atoms with Crippen molar-refractivity contribution in [2.75, 3.05) is 24.6 Å². The Morgan fingerprint density at radius 3 is 2.32 bits per heavy atom. The van der Waals surface area contributed by atoms with Crippen molar-refractivity contribution in [2.24, 2.45) is 5.41 Å². The summed E-state index contributed by atoms with van der Waals surface area (Å²) in [6.07, 6.45) is 4.94. The van der Waals surface area contributed by atoms with Gasteiger partial charge in [0.15, 0.2) is 0 Å². The zero-order valence-electron chi connectivity index (χ0n) is 11.1. The number of rotatable bonds is 6. The van der Waals surface area contributed by atoms with Gasteiger partial charge in [-0.05, 0) is 37.5 Å². The molecule has 0 radical (unpaired) electrons. The van der Waals surface area contributed by atoms with Gasteiger partial charge in [0, 0.05) is 29.6 Å². The molecule has 0 spiro atoms. The molecule has 0 aromatic heterocycles. The van der Waals surface area contributed by atoms with E-state index in [9.17, 15) is 13.8 Å². The first-order valence-corrected chi connectivity index (χ1v) is 8.34. The lowest BCUT2D eigenvalue weighted by molar-refractivity contribution is -0.138. The molecule has 6 heteroatoms. The maximum atomic E-state index is 12.0. The number of carboxylic acid groups (broad SMARTS) is 1. The zero-order chi connectivity index (χ0) is 13.9. The predicted octanol–water partition coefficient (Wildman–Crippen LogP) is 1.00. The first-order valence-electron chi connectivity index (χ1n) is 6.85. The normalized spacial score (nSPS) is 22.8. The molecule has 1 aliphatic heterocycles. The minimum absolute atomic E-state index is 0.0378. The third kappa shape index (κ3) is 4.30. The molecule has 1 atom stereocenters. The Bertz CT molecular complexity index is 386. The van der Waals surface area contributed by atoms with Crippen LogP contribution in [0.5, 0.6) is 0 Å². The number of likely N-dealkylation sites (tertiary alicyclic amines) is 1. The lowest BCUT2D eigenvalue weighted by atomic mass is 10.1. The van der Waals surface area contributed by atoms with Crippen LogP contribution in [0, 0.1) is 5.41 Å². The maximum Gasteiger partial charge on any atom is 0.303 e. The summed E-state index contributed by atoms with van der Waals surface area (Å²) in [6, 6.07) is 0. The fourth-order valence-corrected chi connectivity index (χ4v) is 4.27. The predicted molar refractivity (Wildman–Crippen MR) is 72.2 cm³/mol. The molecule has 1 N–H and O–H groups in total. The maximum absolute atomic E-state index is 12.0. The minimum Gasteiger partial charge on any atom is -0.481 e. The molecular formula is C13H21NO4S. The topological polar surface area (TPSA) is 74.7 Å². The molecule has 5 nitrogen and oxygen atoms in total. The third-order valence-electron chi connectivity index (χ3n) is 3.94. The number of hydrogen-bond acceptors (Lipinski definition) is 3. The molecule has 0 aromatic rings. The summed E-state index contributed by atoms with van der Waals surface area (Å²) < 4.78 is 12.0. The van der Waals surface area contributed by atoms with Gasteiger partial charge in [-0.2, -0.15) is 0 Å². The fraction of sp³-hybridized carbons (Fsp3) is 0.846. The van der Waals surface area contributed by atoms with E-state index in [-0.39, 0.29) is 23.5 Å². The molecule has 0 aromatic carbocycles. The summed E-state index contributed by atoms with van der Waals surface area (Å²) in [5, 5.41) is 8.81. The van der Waals surface area contributed by atoms with Gasteiger partial charge in [0.2, 0.25) is 5.91 Å². The molecule has 0 bridgehead atoms. The van der Waals surface area contributed by atoms with E-state index < -0.39 is 16.8 Å². The molecule has 1 heterocycles. The number of carbonyl (C=O) groups excluding carboxylic acids is 1. The second-order valence-electron chi connectivity index (χ2n) is 5.74. The van der Waals surface area contributed by atoms with Crippen molar-refractivity contribution in [1.29, 1.82) is 0 Å². The Balaban J connectivity index is 1.77. The van der Waals surface area contributed by atoms with Crippen molar-refractivity contribution >= 4 is 22.7 Å². The molecule has 19 heavy (non-hydrogen) atoms. The molecule has 2 aliphatic rings. The van der Waals surface area contributed by atoms with Gasteiger partial charge in [0.05, 0.1) is 6.42 Å². The van der Waals surface area contributed by atoms with E-state index in [0.29, 0.717) is 5.75 Å². The average molecular weight is 287 g/mol. The van der Waals surface area contributed by atoms with Gasteiger partial charge in [-0.3, -0.25) is 13.8 Å². The zero-order valence-corrected chi connectivity index (χ0v) is 11.9. The van der Waals surface area contributed by atoms with E-state index in [0.717, 1.165) is 45.2 Å². The number of piperidine rings is 1. The molecule has 1 saturated heterocycles. The Morgan fingerprint density at radius 2 is 1.79 bits per heavy atom. The quantitative estimate of drug-likeness (QED) is 0.791. The van der Waals surface area contributed by atoms with Gasteiger partial charge in [-0.25, -0.2) is 0 Å². The largest absolute Gasteiger partial charge is 0.481 e. The van der Waals surface area contributed by atoms with Gasteiger partial charge in [-0.1, -0.05) is 0 Å². The van der Waals surface area contributed by atoms with E-state index in [2.05, 4.69) is 0 Å². The average Bonchev–Trinajstić information content (AvgIpc) is 3.08. The second-order valence-corrected chi connectivity index (χ2v) is 7.20. The number of nitrogens with zero attached hydrogens (tertiary/aromatic N) is 1. The Hall–Kier alpha value is -0.910. The van der Waals surface area contributed by atoms with Gasteiger partial charge < -0.3 is 10.0 Å². The van der Waals surface area contributed by atoms with Gasteiger partial charge in [0.25, 0.3) is 0 Å². The van der Waals surface area contributed by atoms with Crippen LogP contribution < -0.4 is 0 Å². The number of aliphatic carboxylic acids is 1. The summed E-state index contributed by atoms with van der Waals surface area (Å²) in [5.74, 6) is -0.457. The Kier molecular flexibility index (Phi) is 4.60. The molecule has 2 fully saturated rings. The molecule has 108 valence electrons. The van der Waals surface area contributed by atoms with Gasteiger partial charge in [0.1, 0.15) is 5.75 Å². The lowest BCUT2D eigenvalue weighted by Gasteiger charge is -2.26. The second kappa shape index (κ2) is 6.03. The van der Waals surface area contributed by atoms with E-state index in [1.165, 1.54) is 0 Å². The van der Waals surface area contributed by atoms with Gasteiger partial charge >= 0.3 is 5.97 Å². The van der Waals surface area contributed by atoms with Crippen LogP contribution in [0.1, 0.15) is 38.5 Å². The van der Waals surface area contributed by atoms with Crippen molar-refractivity contribution in [3.63, 3.8) is 0 Å². The van der Waals surface area contributed by atoms with Crippen LogP contribution >= 0.6 is 0 Å². The van der Waals surface area contributed by atoms with E-state index in [1.807, 2.05) is 0 Å². The van der Waals surface area contributed by atoms with Crippen molar-refractivity contribution in [3.05, 3.63) is 0 Å². The third-order valence-corrected chi connectivity index (χ3v) is 5.45. The van der Waals surface area contributed by atoms with Crippen LogP contribution in [0.3, 0.4) is 0 Å².